The van der Waals surface area contributed by atoms with Crippen molar-refractivity contribution in [2.24, 2.45) is 5.92 Å². The number of carbonyl (C=O) groups is 3. The fourth-order valence-electron chi connectivity index (χ4n) is 4.53. The normalized spacial score (nSPS) is 14.5. The molecule has 5 N–H and O–H groups in total. The number of nitrogens with one attached hydrogen (secondary N) is 3. The van der Waals surface area contributed by atoms with Crippen LogP contribution in [-0.4, -0.2) is 70.2 Å². The molecular weight excluding hydrogens is 584 g/mol. The Morgan fingerprint density at radius 3 is 2.02 bits per heavy atom. The third-order valence-electron chi connectivity index (χ3n) is 6.77. The minimum absolute atomic E-state index is 0.0561. The molecule has 1 heterocycles. The predicted molar refractivity (Wildman–Crippen MR) is 167 cm³/mol. The average molecular weight is 627 g/mol. The number of nitrogens with zero attached hydrogens (tertiary/aromatic N) is 1. The first-order valence-electron chi connectivity index (χ1n) is 14.6. The topological polar surface area (TPSA) is 159 Å². The summed E-state index contributed by atoms with van der Waals surface area (Å²) in [5.74, 6) is -0.726. The van der Waals surface area contributed by atoms with Crippen LogP contribution in [0.5, 0.6) is 0 Å². The van der Waals surface area contributed by atoms with Crippen LogP contribution in [0.2, 0.25) is 0 Å². The highest BCUT2D eigenvalue weighted by Crippen LogP contribution is 2.16. The van der Waals surface area contributed by atoms with Crippen molar-refractivity contribution in [1.82, 2.24) is 20.9 Å². The number of hydrogen-bond acceptors (Lipinski definition) is 9. The summed E-state index contributed by atoms with van der Waals surface area (Å²) in [6.07, 6.45) is -0.955. The first-order valence-corrected chi connectivity index (χ1v) is 15.5. The molecule has 3 aromatic rings. The zero-order valence-corrected chi connectivity index (χ0v) is 26.0. The van der Waals surface area contributed by atoms with E-state index < -0.39 is 48.4 Å². The van der Waals surface area contributed by atoms with Crippen LogP contribution in [0.15, 0.2) is 72.4 Å². The van der Waals surface area contributed by atoms with Gasteiger partial charge in [0.15, 0.2) is 0 Å². The van der Waals surface area contributed by atoms with Gasteiger partial charge in [0.05, 0.1) is 28.6 Å². The maximum absolute atomic E-state index is 13.5. The average Bonchev–Trinajstić information content (AvgIpc) is 3.52. The highest BCUT2D eigenvalue weighted by Gasteiger charge is 2.30. The van der Waals surface area contributed by atoms with Gasteiger partial charge in [-0.1, -0.05) is 74.5 Å². The van der Waals surface area contributed by atoms with E-state index in [0.717, 1.165) is 16.0 Å². The van der Waals surface area contributed by atoms with E-state index in [9.17, 15) is 24.6 Å². The van der Waals surface area contributed by atoms with Crippen molar-refractivity contribution in [1.29, 1.82) is 0 Å². The Kier molecular flexibility index (Phi) is 14.1. The number of thiazole rings is 1. The molecule has 1 aromatic heterocycles. The quantitative estimate of drug-likeness (QED) is 0.161. The molecule has 238 valence electrons. The van der Waals surface area contributed by atoms with Crippen molar-refractivity contribution in [2.75, 3.05) is 6.61 Å². The van der Waals surface area contributed by atoms with Crippen LogP contribution in [0.3, 0.4) is 0 Å². The number of aromatic nitrogens is 1. The molecule has 0 saturated heterocycles. The van der Waals surface area contributed by atoms with E-state index >= 15 is 0 Å². The van der Waals surface area contributed by atoms with Crippen LogP contribution >= 0.6 is 11.3 Å². The molecule has 0 aliphatic heterocycles. The molecule has 3 rings (SSSR count). The molecule has 0 aliphatic rings. The minimum Gasteiger partial charge on any atom is -0.447 e. The molecule has 0 fully saturated rings. The molecule has 0 bridgehead atoms. The Balaban J connectivity index is 1.75. The van der Waals surface area contributed by atoms with Gasteiger partial charge in [-0.3, -0.25) is 9.78 Å². The largest absolute Gasteiger partial charge is 0.447 e. The molecule has 12 heteroatoms. The van der Waals surface area contributed by atoms with E-state index in [2.05, 4.69) is 20.9 Å². The van der Waals surface area contributed by atoms with E-state index in [1.54, 1.807) is 25.6 Å². The molecule has 0 spiro atoms. The molecule has 0 aliphatic carbocycles. The smallest absolute Gasteiger partial charge is 0.407 e. The SMILES string of the molecule is CC(O)COC(=O)N[C@H](C(=O)N[C@@H](Cc1ccccc1)C[C@H](O)[C@H](Cc1ccccc1)NC(=O)OCc1cncs1)C(C)C. The molecular formula is C32H42N4O7S. The van der Waals surface area contributed by atoms with Crippen molar-refractivity contribution in [3.8, 4) is 0 Å². The minimum atomic E-state index is -1.07. The lowest BCUT2D eigenvalue weighted by molar-refractivity contribution is -0.125. The Morgan fingerprint density at radius 2 is 1.45 bits per heavy atom. The second-order valence-corrected chi connectivity index (χ2v) is 12.0. The van der Waals surface area contributed by atoms with E-state index in [1.807, 2.05) is 60.7 Å². The number of ether oxygens (including phenoxy) is 2. The van der Waals surface area contributed by atoms with Gasteiger partial charge < -0.3 is 35.6 Å². The Bertz CT molecular complexity index is 1280. The first kappa shape index (κ1) is 34.5. The number of carbonyl (C=O) groups excluding carboxylic acids is 3. The molecule has 11 nitrogen and oxygen atoms in total. The van der Waals surface area contributed by atoms with E-state index in [0.29, 0.717) is 12.8 Å². The Hall–Kier alpha value is -4.00. The van der Waals surface area contributed by atoms with Gasteiger partial charge in [0.1, 0.15) is 19.3 Å². The fourth-order valence-corrected chi connectivity index (χ4v) is 5.04. The lowest BCUT2D eigenvalue weighted by Crippen LogP contribution is -2.54. The van der Waals surface area contributed by atoms with Crippen LogP contribution in [0, 0.1) is 5.92 Å². The molecule has 44 heavy (non-hydrogen) atoms. The van der Waals surface area contributed by atoms with Crippen molar-refractivity contribution >= 4 is 29.4 Å². The number of benzene rings is 2. The summed E-state index contributed by atoms with van der Waals surface area (Å²) in [6, 6.07) is 16.8. The standard InChI is InChI=1S/C32H42N4O7S/c1-21(2)29(36-32(41)42-18-22(3)37)30(39)34-25(14-23-10-6-4-7-11-23)16-28(38)27(15-24-12-8-5-9-13-24)35-31(40)43-19-26-17-33-20-44-26/h4-13,17,20-22,25,27-29,37-38H,14-16,18-19H2,1-3H3,(H,34,39)(H,35,40)(H,36,41)/t22?,25-,27-,28-,29-/m0/s1. The number of hydrogen-bond donors (Lipinski definition) is 5. The van der Waals surface area contributed by atoms with E-state index in [1.165, 1.54) is 18.3 Å². The molecule has 5 atom stereocenters. The summed E-state index contributed by atoms with van der Waals surface area (Å²) >= 11 is 1.37. The molecule has 1 unspecified atom stereocenters. The van der Waals surface area contributed by atoms with Gasteiger partial charge in [0, 0.05) is 12.2 Å². The third-order valence-corrected chi connectivity index (χ3v) is 7.52. The van der Waals surface area contributed by atoms with Crippen LogP contribution in [0.1, 0.15) is 43.2 Å². The first-order chi connectivity index (χ1) is 21.1. The third kappa shape index (κ3) is 12.3. The van der Waals surface area contributed by atoms with Crippen LogP contribution in [-0.2, 0) is 33.7 Å². The van der Waals surface area contributed by atoms with Gasteiger partial charge in [0.25, 0.3) is 0 Å². The van der Waals surface area contributed by atoms with Crippen molar-refractivity contribution < 1.29 is 34.1 Å². The van der Waals surface area contributed by atoms with Crippen LogP contribution < -0.4 is 16.0 Å². The second-order valence-electron chi connectivity index (χ2n) is 11.0. The zero-order chi connectivity index (χ0) is 31.9. The summed E-state index contributed by atoms with van der Waals surface area (Å²) in [5.41, 5.74) is 3.49. The monoisotopic (exact) mass is 626 g/mol. The van der Waals surface area contributed by atoms with E-state index in [4.69, 9.17) is 9.47 Å². The number of aliphatic hydroxyl groups is 2. The van der Waals surface area contributed by atoms with Gasteiger partial charge in [-0.05, 0) is 43.2 Å². The van der Waals surface area contributed by atoms with E-state index in [-0.39, 0.29) is 25.6 Å². The molecule has 0 saturated carbocycles. The Labute approximate surface area is 262 Å². The zero-order valence-electron chi connectivity index (χ0n) is 25.2. The fraction of sp³-hybridized carbons (Fsp3) is 0.438. The van der Waals surface area contributed by atoms with Crippen molar-refractivity contribution in [3.05, 3.63) is 88.4 Å². The number of aliphatic hydroxyl groups excluding tert-OH is 2. The summed E-state index contributed by atoms with van der Waals surface area (Å²) in [4.78, 5) is 43.3. The number of alkyl carbamates (subject to hydrolysis) is 2. The number of amides is 3. The van der Waals surface area contributed by atoms with Gasteiger partial charge in [0.2, 0.25) is 5.91 Å². The van der Waals surface area contributed by atoms with Gasteiger partial charge in [-0.2, -0.15) is 0 Å². The molecule has 0 radical (unpaired) electrons. The van der Waals surface area contributed by atoms with Crippen molar-refractivity contribution in [3.63, 3.8) is 0 Å². The number of rotatable bonds is 16. The maximum atomic E-state index is 13.5. The van der Waals surface area contributed by atoms with Gasteiger partial charge in [-0.15, -0.1) is 11.3 Å². The maximum Gasteiger partial charge on any atom is 0.407 e. The van der Waals surface area contributed by atoms with Crippen molar-refractivity contribution in [2.45, 2.75) is 77.0 Å². The van der Waals surface area contributed by atoms with Crippen LogP contribution in [0.4, 0.5) is 9.59 Å². The Morgan fingerprint density at radius 1 is 0.841 bits per heavy atom. The molecule has 2 aromatic carbocycles. The predicted octanol–water partition coefficient (Wildman–Crippen LogP) is 3.59. The lowest BCUT2D eigenvalue weighted by Gasteiger charge is -2.30. The summed E-state index contributed by atoms with van der Waals surface area (Å²) in [7, 11) is 0. The summed E-state index contributed by atoms with van der Waals surface area (Å²) in [5, 5.41) is 29.3. The van der Waals surface area contributed by atoms with Crippen LogP contribution in [0.25, 0.3) is 0 Å². The summed E-state index contributed by atoms with van der Waals surface area (Å²) in [6.45, 7) is 4.92. The summed E-state index contributed by atoms with van der Waals surface area (Å²) < 4.78 is 10.4. The lowest BCUT2D eigenvalue weighted by atomic mass is 9.93. The van der Waals surface area contributed by atoms with Gasteiger partial charge in [-0.25, -0.2) is 9.59 Å². The highest BCUT2D eigenvalue weighted by atomic mass is 32.1. The highest BCUT2D eigenvalue weighted by molar-refractivity contribution is 7.09. The van der Waals surface area contributed by atoms with Gasteiger partial charge >= 0.3 is 12.2 Å². The molecule has 3 amide bonds. The second kappa shape index (κ2) is 18.0.